The average molecular weight is 320 g/mol. The third-order valence-corrected chi connectivity index (χ3v) is 3.49. The van der Waals surface area contributed by atoms with E-state index in [1.165, 1.54) is 0 Å². The van der Waals surface area contributed by atoms with Crippen molar-refractivity contribution in [2.75, 3.05) is 0 Å². The van der Waals surface area contributed by atoms with E-state index in [1.54, 1.807) is 24.5 Å². The summed E-state index contributed by atoms with van der Waals surface area (Å²) < 4.78 is 5.15. The largest absolute Gasteiger partial charge is 0.342 e. The van der Waals surface area contributed by atoms with E-state index in [0.29, 0.717) is 17.4 Å². The van der Waals surface area contributed by atoms with Crippen LogP contribution in [0.15, 0.2) is 53.3 Å². The molecule has 0 saturated heterocycles. The van der Waals surface area contributed by atoms with Crippen LogP contribution in [0, 0.1) is 0 Å². The molecule has 0 radical (unpaired) electrons. The molecular formula is C16H12N6O2. The van der Waals surface area contributed by atoms with Crippen molar-refractivity contribution in [2.24, 2.45) is 0 Å². The van der Waals surface area contributed by atoms with E-state index in [0.717, 1.165) is 16.5 Å². The van der Waals surface area contributed by atoms with Crippen LogP contribution >= 0.6 is 0 Å². The van der Waals surface area contributed by atoms with E-state index < -0.39 is 0 Å². The fourth-order valence-electron chi connectivity index (χ4n) is 2.32. The van der Waals surface area contributed by atoms with Crippen LogP contribution in [-0.2, 0) is 6.54 Å². The first-order chi connectivity index (χ1) is 11.8. The number of H-pyrrole nitrogens is 1. The number of aromatic amines is 1. The third-order valence-electron chi connectivity index (χ3n) is 3.49. The predicted molar refractivity (Wildman–Crippen MR) is 84.8 cm³/mol. The molecule has 0 aliphatic rings. The maximum Gasteiger partial charge on any atom is 0.272 e. The monoisotopic (exact) mass is 320 g/mol. The lowest BCUT2D eigenvalue weighted by atomic mass is 10.2. The third kappa shape index (κ3) is 2.60. The summed E-state index contributed by atoms with van der Waals surface area (Å²) in [7, 11) is 0. The molecule has 0 aliphatic carbocycles. The highest BCUT2D eigenvalue weighted by Gasteiger charge is 2.15. The second-order valence-corrected chi connectivity index (χ2v) is 5.05. The van der Waals surface area contributed by atoms with Gasteiger partial charge in [0, 0.05) is 23.3 Å². The Morgan fingerprint density at radius 2 is 2.00 bits per heavy atom. The number of para-hydroxylation sites is 1. The summed E-state index contributed by atoms with van der Waals surface area (Å²) in [4.78, 5) is 20.5. The first-order valence-corrected chi connectivity index (χ1v) is 7.25. The highest BCUT2D eigenvalue weighted by molar-refractivity contribution is 6.04. The fourth-order valence-corrected chi connectivity index (χ4v) is 2.32. The number of aromatic nitrogens is 5. The molecule has 2 N–H and O–H groups in total. The van der Waals surface area contributed by atoms with Gasteiger partial charge in [0.1, 0.15) is 0 Å². The van der Waals surface area contributed by atoms with Gasteiger partial charge in [-0.2, -0.15) is 10.1 Å². The van der Waals surface area contributed by atoms with E-state index in [2.05, 4.69) is 30.6 Å². The normalized spacial score (nSPS) is 10.8. The van der Waals surface area contributed by atoms with Crippen LogP contribution in [0.3, 0.4) is 0 Å². The maximum atomic E-state index is 12.3. The number of amides is 1. The molecule has 24 heavy (non-hydrogen) atoms. The van der Waals surface area contributed by atoms with Gasteiger partial charge in [0.15, 0.2) is 5.69 Å². The maximum absolute atomic E-state index is 12.3. The number of nitrogens with one attached hydrogen (secondary N) is 2. The van der Waals surface area contributed by atoms with E-state index in [9.17, 15) is 4.79 Å². The number of fused-ring (bicyclic) bond motifs is 1. The van der Waals surface area contributed by atoms with Crippen molar-refractivity contribution < 1.29 is 9.32 Å². The number of hydrogen-bond donors (Lipinski definition) is 2. The summed E-state index contributed by atoms with van der Waals surface area (Å²) in [6.45, 7) is 0.123. The van der Waals surface area contributed by atoms with Gasteiger partial charge in [-0.05, 0) is 18.2 Å². The lowest BCUT2D eigenvalue weighted by Crippen LogP contribution is -2.23. The first-order valence-electron chi connectivity index (χ1n) is 7.25. The van der Waals surface area contributed by atoms with E-state index in [-0.39, 0.29) is 12.5 Å². The molecule has 0 unspecified atom stereocenters. The van der Waals surface area contributed by atoms with Crippen molar-refractivity contribution in [3.8, 4) is 11.4 Å². The van der Waals surface area contributed by atoms with Crippen LogP contribution < -0.4 is 5.32 Å². The Balaban J connectivity index is 1.47. The standard InChI is InChI=1S/C16H12N6O2/c23-16(14-11-3-1-2-4-12(11)20-21-14)18-9-13-19-15(22-24-13)10-5-7-17-8-6-10/h1-8H,9H2,(H,18,23)(H,20,21). The van der Waals surface area contributed by atoms with Crippen LogP contribution in [0.25, 0.3) is 22.3 Å². The molecule has 0 bridgehead atoms. The van der Waals surface area contributed by atoms with Gasteiger partial charge < -0.3 is 9.84 Å². The Labute approximate surface area is 135 Å². The second-order valence-electron chi connectivity index (χ2n) is 5.05. The van der Waals surface area contributed by atoms with E-state index in [1.807, 2.05) is 24.3 Å². The molecule has 8 heteroatoms. The molecule has 4 aromatic rings. The molecule has 0 atom stereocenters. The van der Waals surface area contributed by atoms with Crippen molar-refractivity contribution in [3.05, 3.63) is 60.4 Å². The number of pyridine rings is 1. The van der Waals surface area contributed by atoms with Gasteiger partial charge in [-0.15, -0.1) is 0 Å². The zero-order chi connectivity index (χ0) is 16.4. The molecular weight excluding hydrogens is 308 g/mol. The predicted octanol–water partition coefficient (Wildman–Crippen LogP) is 1.94. The summed E-state index contributed by atoms with van der Waals surface area (Å²) in [6, 6.07) is 11.0. The minimum atomic E-state index is -0.309. The van der Waals surface area contributed by atoms with Crippen molar-refractivity contribution in [1.29, 1.82) is 0 Å². The summed E-state index contributed by atoms with van der Waals surface area (Å²) in [5.41, 5.74) is 1.93. The number of nitrogens with zero attached hydrogens (tertiary/aromatic N) is 4. The molecule has 0 spiro atoms. The molecule has 0 saturated carbocycles. The van der Waals surface area contributed by atoms with Gasteiger partial charge in [0.05, 0.1) is 12.1 Å². The lowest BCUT2D eigenvalue weighted by molar-refractivity contribution is 0.0943. The van der Waals surface area contributed by atoms with Gasteiger partial charge in [0.25, 0.3) is 5.91 Å². The quantitative estimate of drug-likeness (QED) is 0.594. The Morgan fingerprint density at radius 3 is 2.88 bits per heavy atom. The van der Waals surface area contributed by atoms with Crippen molar-refractivity contribution in [3.63, 3.8) is 0 Å². The van der Waals surface area contributed by atoms with Gasteiger partial charge in [-0.25, -0.2) is 0 Å². The highest BCUT2D eigenvalue weighted by atomic mass is 16.5. The number of rotatable bonds is 4. The molecule has 8 nitrogen and oxygen atoms in total. The van der Waals surface area contributed by atoms with Crippen LogP contribution in [0.4, 0.5) is 0 Å². The zero-order valence-corrected chi connectivity index (χ0v) is 12.4. The summed E-state index contributed by atoms with van der Waals surface area (Å²) >= 11 is 0. The minimum absolute atomic E-state index is 0.123. The number of benzene rings is 1. The molecule has 1 amide bonds. The number of carbonyl (C=O) groups is 1. The molecule has 1 aromatic carbocycles. The summed E-state index contributed by atoms with van der Waals surface area (Å²) in [5, 5.41) is 14.3. The Bertz CT molecular complexity index is 992. The van der Waals surface area contributed by atoms with Gasteiger partial charge in [-0.1, -0.05) is 23.4 Å². The number of hydrogen-bond acceptors (Lipinski definition) is 6. The molecule has 3 aromatic heterocycles. The summed E-state index contributed by atoms with van der Waals surface area (Å²) in [6.07, 6.45) is 3.30. The van der Waals surface area contributed by atoms with Crippen LogP contribution in [0.1, 0.15) is 16.4 Å². The lowest BCUT2D eigenvalue weighted by Gasteiger charge is -1.99. The molecule has 0 fully saturated rings. The van der Waals surface area contributed by atoms with Gasteiger partial charge in [-0.3, -0.25) is 14.9 Å². The molecule has 4 rings (SSSR count). The van der Waals surface area contributed by atoms with E-state index in [4.69, 9.17) is 4.52 Å². The first kappa shape index (κ1) is 14.1. The molecule has 0 aliphatic heterocycles. The SMILES string of the molecule is O=C(NCc1nc(-c2ccncc2)no1)c1n[nH]c2ccccc12. The second kappa shape index (κ2) is 5.92. The average Bonchev–Trinajstić information content (AvgIpc) is 3.27. The molecule has 118 valence electrons. The van der Waals surface area contributed by atoms with Crippen LogP contribution in [0.2, 0.25) is 0 Å². The Morgan fingerprint density at radius 1 is 1.17 bits per heavy atom. The van der Waals surface area contributed by atoms with Crippen molar-refractivity contribution >= 4 is 16.8 Å². The summed E-state index contributed by atoms with van der Waals surface area (Å²) in [5.74, 6) is 0.456. The Hall–Kier alpha value is -3.55. The number of carbonyl (C=O) groups excluding carboxylic acids is 1. The van der Waals surface area contributed by atoms with Crippen LogP contribution in [-0.4, -0.2) is 31.2 Å². The van der Waals surface area contributed by atoms with Crippen LogP contribution in [0.5, 0.6) is 0 Å². The minimum Gasteiger partial charge on any atom is -0.342 e. The van der Waals surface area contributed by atoms with E-state index >= 15 is 0 Å². The fraction of sp³-hybridized carbons (Fsp3) is 0.0625. The highest BCUT2D eigenvalue weighted by Crippen LogP contribution is 2.16. The van der Waals surface area contributed by atoms with Crippen molar-refractivity contribution in [2.45, 2.75) is 6.54 Å². The smallest absolute Gasteiger partial charge is 0.272 e. The Kier molecular flexibility index (Phi) is 3.47. The molecule has 3 heterocycles. The van der Waals surface area contributed by atoms with Gasteiger partial charge in [0.2, 0.25) is 11.7 Å². The van der Waals surface area contributed by atoms with Gasteiger partial charge >= 0.3 is 0 Å². The van der Waals surface area contributed by atoms with Crippen molar-refractivity contribution in [1.82, 2.24) is 30.6 Å². The zero-order valence-electron chi connectivity index (χ0n) is 12.4. The topological polar surface area (TPSA) is 110 Å².